The summed E-state index contributed by atoms with van der Waals surface area (Å²) in [7, 11) is 0. The molecular formula is C13H14O2. The summed E-state index contributed by atoms with van der Waals surface area (Å²) in [6.07, 6.45) is 0.422. The van der Waals surface area contributed by atoms with E-state index in [0.29, 0.717) is 5.56 Å². The molecule has 0 amide bonds. The summed E-state index contributed by atoms with van der Waals surface area (Å²) in [5, 5.41) is 0. The van der Waals surface area contributed by atoms with Crippen LogP contribution in [0, 0.1) is 11.8 Å². The fraction of sp³-hybridized carbons (Fsp3) is 0.308. The van der Waals surface area contributed by atoms with Gasteiger partial charge in [-0.1, -0.05) is 37.0 Å². The van der Waals surface area contributed by atoms with Crippen molar-refractivity contribution in [3.05, 3.63) is 35.9 Å². The summed E-state index contributed by atoms with van der Waals surface area (Å²) in [6.45, 7) is 3.72. The van der Waals surface area contributed by atoms with Crippen molar-refractivity contribution in [2.75, 3.05) is 0 Å². The van der Waals surface area contributed by atoms with Gasteiger partial charge in [0, 0.05) is 6.42 Å². The van der Waals surface area contributed by atoms with Crippen molar-refractivity contribution in [1.29, 1.82) is 0 Å². The molecule has 0 fully saturated rings. The van der Waals surface area contributed by atoms with Gasteiger partial charge in [0.1, 0.15) is 0 Å². The van der Waals surface area contributed by atoms with Gasteiger partial charge in [-0.25, -0.2) is 4.79 Å². The molecule has 0 heterocycles. The van der Waals surface area contributed by atoms with E-state index in [1.165, 1.54) is 0 Å². The van der Waals surface area contributed by atoms with E-state index in [0.717, 1.165) is 6.42 Å². The van der Waals surface area contributed by atoms with Crippen LogP contribution >= 0.6 is 0 Å². The Morgan fingerprint density at radius 3 is 2.67 bits per heavy atom. The lowest BCUT2D eigenvalue weighted by Gasteiger charge is -2.06. The highest BCUT2D eigenvalue weighted by Gasteiger charge is 2.08. The third-order valence-corrected chi connectivity index (χ3v) is 1.78. The Bertz CT molecular complexity index is 371. The van der Waals surface area contributed by atoms with Crippen LogP contribution in [-0.4, -0.2) is 12.1 Å². The smallest absolute Gasteiger partial charge is 0.339 e. The van der Waals surface area contributed by atoms with Crippen LogP contribution in [0.2, 0.25) is 0 Å². The van der Waals surface area contributed by atoms with Crippen molar-refractivity contribution < 1.29 is 9.53 Å². The van der Waals surface area contributed by atoms with Crippen LogP contribution in [0.15, 0.2) is 30.3 Å². The Balaban J connectivity index is 2.57. The number of carbonyl (C=O) groups excluding carboxylic acids is 1. The fourth-order valence-electron chi connectivity index (χ4n) is 1.08. The molecule has 0 aromatic heterocycles. The van der Waals surface area contributed by atoms with Crippen molar-refractivity contribution >= 4 is 5.97 Å². The molecule has 1 aromatic rings. The fourth-order valence-corrected chi connectivity index (χ4v) is 1.08. The van der Waals surface area contributed by atoms with Crippen molar-refractivity contribution in [2.24, 2.45) is 0 Å². The number of hydrogen-bond donors (Lipinski definition) is 0. The summed E-state index contributed by atoms with van der Waals surface area (Å²) < 4.78 is 5.13. The standard InChI is InChI=1S/C13H14O2/c1-3-4-8-11(2)15-13(14)12-9-6-5-7-10-12/h5-7,9-11H,3H2,1-2H3/t11-/m0/s1. The highest BCUT2D eigenvalue weighted by molar-refractivity contribution is 5.89. The van der Waals surface area contributed by atoms with Gasteiger partial charge < -0.3 is 4.74 Å². The molecule has 15 heavy (non-hydrogen) atoms. The second kappa shape index (κ2) is 5.87. The summed E-state index contributed by atoms with van der Waals surface area (Å²) in [6, 6.07) is 8.92. The van der Waals surface area contributed by atoms with Gasteiger partial charge in [0.25, 0.3) is 0 Å². The average molecular weight is 202 g/mol. The van der Waals surface area contributed by atoms with Gasteiger partial charge in [-0.3, -0.25) is 0 Å². The molecule has 0 aliphatic carbocycles. The average Bonchev–Trinajstić information content (AvgIpc) is 2.27. The van der Waals surface area contributed by atoms with E-state index in [-0.39, 0.29) is 12.1 Å². The Morgan fingerprint density at radius 2 is 2.07 bits per heavy atom. The molecule has 0 spiro atoms. The van der Waals surface area contributed by atoms with Gasteiger partial charge in [-0.15, -0.1) is 0 Å². The quantitative estimate of drug-likeness (QED) is 0.544. The van der Waals surface area contributed by atoms with E-state index in [1.807, 2.05) is 13.0 Å². The van der Waals surface area contributed by atoms with Crippen LogP contribution in [0.4, 0.5) is 0 Å². The zero-order chi connectivity index (χ0) is 11.1. The van der Waals surface area contributed by atoms with E-state index < -0.39 is 0 Å². The summed E-state index contributed by atoms with van der Waals surface area (Å²) in [5.41, 5.74) is 0.558. The highest BCUT2D eigenvalue weighted by atomic mass is 16.5. The number of hydrogen-bond acceptors (Lipinski definition) is 2. The maximum atomic E-state index is 11.5. The van der Waals surface area contributed by atoms with E-state index in [2.05, 4.69) is 11.8 Å². The second-order valence-electron chi connectivity index (χ2n) is 3.09. The van der Waals surface area contributed by atoms with E-state index in [1.54, 1.807) is 31.2 Å². The first-order valence-corrected chi connectivity index (χ1v) is 4.98. The summed E-state index contributed by atoms with van der Waals surface area (Å²) >= 11 is 0. The van der Waals surface area contributed by atoms with E-state index >= 15 is 0 Å². The predicted octanol–water partition coefficient (Wildman–Crippen LogP) is 2.65. The molecule has 0 N–H and O–H groups in total. The first-order chi connectivity index (χ1) is 7.24. The molecule has 2 nitrogen and oxygen atoms in total. The van der Waals surface area contributed by atoms with E-state index in [9.17, 15) is 4.79 Å². The normalized spacial score (nSPS) is 11.1. The minimum absolute atomic E-state index is 0.325. The maximum Gasteiger partial charge on any atom is 0.339 e. The van der Waals surface area contributed by atoms with Crippen molar-refractivity contribution in [3.63, 3.8) is 0 Å². The Hall–Kier alpha value is -1.75. The molecule has 0 saturated carbocycles. The predicted molar refractivity (Wildman–Crippen MR) is 59.4 cm³/mol. The maximum absolute atomic E-state index is 11.5. The molecule has 0 bridgehead atoms. The molecular weight excluding hydrogens is 188 g/mol. The molecule has 1 aromatic carbocycles. The van der Waals surface area contributed by atoms with E-state index in [4.69, 9.17) is 4.74 Å². The number of carbonyl (C=O) groups is 1. The SMILES string of the molecule is CCC#C[C@H](C)OC(=O)c1ccccc1. The van der Waals surface area contributed by atoms with Crippen LogP contribution in [0.5, 0.6) is 0 Å². The molecule has 78 valence electrons. The number of rotatable bonds is 2. The lowest BCUT2D eigenvalue weighted by molar-refractivity contribution is 0.0438. The van der Waals surface area contributed by atoms with Crippen LogP contribution in [0.1, 0.15) is 30.6 Å². The largest absolute Gasteiger partial charge is 0.446 e. The third kappa shape index (κ3) is 3.86. The van der Waals surface area contributed by atoms with Crippen molar-refractivity contribution in [3.8, 4) is 11.8 Å². The number of ether oxygens (including phenoxy) is 1. The molecule has 1 atom stereocenters. The molecule has 1 rings (SSSR count). The summed E-state index contributed by atoms with van der Waals surface area (Å²) in [4.78, 5) is 11.5. The molecule has 0 unspecified atom stereocenters. The van der Waals surface area contributed by atoms with Gasteiger partial charge in [0.2, 0.25) is 0 Å². The Morgan fingerprint density at radius 1 is 1.40 bits per heavy atom. The lowest BCUT2D eigenvalue weighted by Crippen LogP contribution is -2.13. The van der Waals surface area contributed by atoms with Gasteiger partial charge in [-0.2, -0.15) is 0 Å². The first-order valence-electron chi connectivity index (χ1n) is 4.98. The molecule has 0 saturated heterocycles. The third-order valence-electron chi connectivity index (χ3n) is 1.78. The monoisotopic (exact) mass is 202 g/mol. The Kier molecular flexibility index (Phi) is 4.43. The summed E-state index contributed by atoms with van der Waals surface area (Å²) in [5.74, 6) is 5.39. The van der Waals surface area contributed by atoms with Gasteiger partial charge in [-0.05, 0) is 19.1 Å². The van der Waals surface area contributed by atoms with Gasteiger partial charge in [0.05, 0.1) is 5.56 Å². The van der Waals surface area contributed by atoms with Crippen LogP contribution in [0.3, 0.4) is 0 Å². The van der Waals surface area contributed by atoms with Gasteiger partial charge >= 0.3 is 5.97 Å². The minimum atomic E-state index is -0.349. The van der Waals surface area contributed by atoms with Gasteiger partial charge in [0.15, 0.2) is 6.10 Å². The molecule has 0 aliphatic heterocycles. The highest BCUT2D eigenvalue weighted by Crippen LogP contribution is 2.03. The molecule has 0 aliphatic rings. The molecule has 0 radical (unpaired) electrons. The lowest BCUT2D eigenvalue weighted by atomic mass is 10.2. The van der Waals surface area contributed by atoms with Crippen molar-refractivity contribution in [2.45, 2.75) is 26.4 Å². The first kappa shape index (κ1) is 11.3. The van der Waals surface area contributed by atoms with Crippen LogP contribution in [-0.2, 0) is 4.74 Å². The Labute approximate surface area is 90.3 Å². The number of benzene rings is 1. The zero-order valence-corrected chi connectivity index (χ0v) is 8.99. The number of esters is 1. The van der Waals surface area contributed by atoms with Crippen LogP contribution < -0.4 is 0 Å². The molecule has 2 heteroatoms. The topological polar surface area (TPSA) is 26.3 Å². The van der Waals surface area contributed by atoms with Crippen molar-refractivity contribution in [1.82, 2.24) is 0 Å². The zero-order valence-electron chi connectivity index (χ0n) is 8.99. The van der Waals surface area contributed by atoms with Crippen LogP contribution in [0.25, 0.3) is 0 Å². The second-order valence-corrected chi connectivity index (χ2v) is 3.09. The minimum Gasteiger partial charge on any atom is -0.446 e.